The van der Waals surface area contributed by atoms with Gasteiger partial charge < -0.3 is 10.1 Å². The van der Waals surface area contributed by atoms with Crippen molar-refractivity contribution >= 4 is 0 Å². The van der Waals surface area contributed by atoms with Crippen LogP contribution in [0, 0.1) is 11.8 Å². The lowest BCUT2D eigenvalue weighted by Gasteiger charge is -2.43. The van der Waals surface area contributed by atoms with Gasteiger partial charge in [-0.1, -0.05) is 39.5 Å². The molecule has 19 heavy (non-hydrogen) atoms. The van der Waals surface area contributed by atoms with Crippen molar-refractivity contribution in [2.24, 2.45) is 11.8 Å². The zero-order valence-electron chi connectivity index (χ0n) is 13.0. The van der Waals surface area contributed by atoms with Crippen LogP contribution in [-0.4, -0.2) is 50.3 Å². The molecule has 1 heterocycles. The fourth-order valence-corrected chi connectivity index (χ4v) is 4.13. The van der Waals surface area contributed by atoms with Gasteiger partial charge >= 0.3 is 0 Å². The first kappa shape index (κ1) is 15.3. The third-order valence-corrected chi connectivity index (χ3v) is 5.31. The molecule has 0 bridgehead atoms. The Labute approximate surface area is 119 Å². The Kier molecular flexibility index (Phi) is 6.11. The van der Waals surface area contributed by atoms with Crippen LogP contribution in [0.2, 0.25) is 0 Å². The molecule has 1 saturated heterocycles. The van der Waals surface area contributed by atoms with Gasteiger partial charge in [0.2, 0.25) is 0 Å². The summed E-state index contributed by atoms with van der Waals surface area (Å²) in [6, 6.07) is 0.541. The Morgan fingerprint density at radius 1 is 1.26 bits per heavy atom. The topological polar surface area (TPSA) is 24.5 Å². The van der Waals surface area contributed by atoms with E-state index in [4.69, 9.17) is 4.74 Å². The van der Waals surface area contributed by atoms with Gasteiger partial charge in [-0.25, -0.2) is 0 Å². The summed E-state index contributed by atoms with van der Waals surface area (Å²) in [5.41, 5.74) is 0. The van der Waals surface area contributed by atoms with Gasteiger partial charge in [-0.15, -0.1) is 0 Å². The quantitative estimate of drug-likeness (QED) is 0.829. The first-order valence-corrected chi connectivity index (χ1v) is 8.31. The van der Waals surface area contributed by atoms with E-state index in [-0.39, 0.29) is 0 Å². The van der Waals surface area contributed by atoms with Crippen molar-refractivity contribution < 1.29 is 4.74 Å². The summed E-state index contributed by atoms with van der Waals surface area (Å²) in [6.45, 7) is 8.88. The Morgan fingerprint density at radius 3 is 2.74 bits per heavy atom. The van der Waals surface area contributed by atoms with E-state index in [1.165, 1.54) is 32.1 Å². The number of nitrogens with zero attached hydrogens (tertiary/aromatic N) is 1. The number of hydrogen-bond acceptors (Lipinski definition) is 3. The van der Waals surface area contributed by atoms with Crippen molar-refractivity contribution in [2.45, 2.75) is 58.1 Å². The van der Waals surface area contributed by atoms with E-state index in [0.29, 0.717) is 12.1 Å². The maximum Gasteiger partial charge on any atom is 0.0857 e. The third-order valence-electron chi connectivity index (χ3n) is 5.31. The Hall–Kier alpha value is -0.120. The highest BCUT2D eigenvalue weighted by molar-refractivity contribution is 4.91. The van der Waals surface area contributed by atoms with Crippen LogP contribution in [0.1, 0.15) is 46.0 Å². The summed E-state index contributed by atoms with van der Waals surface area (Å²) in [6.07, 6.45) is 7.35. The summed E-state index contributed by atoms with van der Waals surface area (Å²) in [7, 11) is 2.13. The Balaban J connectivity index is 2.00. The molecular weight excluding hydrogens is 236 g/mol. The minimum Gasteiger partial charge on any atom is -0.374 e. The lowest BCUT2D eigenvalue weighted by atomic mass is 9.72. The molecule has 3 heteroatoms. The molecule has 112 valence electrons. The van der Waals surface area contributed by atoms with E-state index in [9.17, 15) is 0 Å². The number of hydrogen-bond donors (Lipinski definition) is 1. The maximum atomic E-state index is 6.10. The zero-order valence-corrected chi connectivity index (χ0v) is 13.0. The van der Waals surface area contributed by atoms with Crippen LogP contribution in [0.25, 0.3) is 0 Å². The standard InChI is InChI=1S/C16H32N2O/c1-4-13-8-6-7-9-14(13)16(17-3)15-12-18(5-2)10-11-19-15/h13-17H,4-12H2,1-3H3. The van der Waals surface area contributed by atoms with Crippen LogP contribution in [0.3, 0.4) is 0 Å². The van der Waals surface area contributed by atoms with E-state index in [2.05, 4.69) is 31.1 Å². The van der Waals surface area contributed by atoms with E-state index in [1.54, 1.807) is 0 Å². The van der Waals surface area contributed by atoms with Gasteiger partial charge in [-0.05, 0) is 31.8 Å². The summed E-state index contributed by atoms with van der Waals surface area (Å²) in [5.74, 6) is 1.71. The largest absolute Gasteiger partial charge is 0.374 e. The highest BCUT2D eigenvalue weighted by Gasteiger charge is 2.36. The summed E-state index contributed by atoms with van der Waals surface area (Å²) in [4.78, 5) is 2.53. The van der Waals surface area contributed by atoms with Crippen molar-refractivity contribution in [2.75, 3.05) is 33.3 Å². The fraction of sp³-hybridized carbons (Fsp3) is 1.00. The van der Waals surface area contributed by atoms with Crippen molar-refractivity contribution in [3.05, 3.63) is 0 Å². The molecule has 0 amide bonds. The number of likely N-dealkylation sites (N-methyl/N-ethyl adjacent to an activating group) is 2. The van der Waals surface area contributed by atoms with E-state index >= 15 is 0 Å². The van der Waals surface area contributed by atoms with E-state index < -0.39 is 0 Å². The maximum absolute atomic E-state index is 6.10. The molecular formula is C16H32N2O. The minimum absolute atomic E-state index is 0.385. The van der Waals surface area contributed by atoms with Gasteiger partial charge in [0.05, 0.1) is 12.7 Å². The van der Waals surface area contributed by atoms with Crippen LogP contribution in [-0.2, 0) is 4.74 Å². The summed E-state index contributed by atoms with van der Waals surface area (Å²) in [5, 5.41) is 3.60. The molecule has 4 atom stereocenters. The average Bonchev–Trinajstić information content (AvgIpc) is 2.49. The highest BCUT2D eigenvalue weighted by Crippen LogP contribution is 2.36. The van der Waals surface area contributed by atoms with Crippen LogP contribution >= 0.6 is 0 Å². The molecule has 1 saturated carbocycles. The van der Waals surface area contributed by atoms with Gasteiger partial charge in [-0.2, -0.15) is 0 Å². The lowest BCUT2D eigenvalue weighted by Crippen LogP contribution is -2.55. The predicted molar refractivity (Wildman–Crippen MR) is 80.4 cm³/mol. The van der Waals surface area contributed by atoms with Gasteiger partial charge in [0.15, 0.2) is 0 Å². The van der Waals surface area contributed by atoms with Crippen molar-refractivity contribution in [3.8, 4) is 0 Å². The fourth-order valence-electron chi connectivity index (χ4n) is 4.13. The van der Waals surface area contributed by atoms with Crippen molar-refractivity contribution in [1.82, 2.24) is 10.2 Å². The molecule has 2 fully saturated rings. The second kappa shape index (κ2) is 7.61. The lowest BCUT2D eigenvalue weighted by molar-refractivity contribution is -0.0626. The third kappa shape index (κ3) is 3.71. The smallest absolute Gasteiger partial charge is 0.0857 e. The van der Waals surface area contributed by atoms with E-state index in [1.807, 2.05) is 0 Å². The second-order valence-electron chi connectivity index (χ2n) is 6.23. The number of nitrogens with one attached hydrogen (secondary N) is 1. The van der Waals surface area contributed by atoms with E-state index in [0.717, 1.165) is 38.1 Å². The molecule has 4 unspecified atom stereocenters. The normalized spacial score (nSPS) is 35.2. The highest BCUT2D eigenvalue weighted by atomic mass is 16.5. The van der Waals surface area contributed by atoms with Crippen LogP contribution < -0.4 is 5.32 Å². The SMILES string of the molecule is CCC1CCCCC1C(NC)C1CN(CC)CCO1. The summed E-state index contributed by atoms with van der Waals surface area (Å²) >= 11 is 0. The molecule has 0 aromatic carbocycles. The molecule has 1 aliphatic heterocycles. The van der Waals surface area contributed by atoms with Gasteiger partial charge in [0.25, 0.3) is 0 Å². The zero-order chi connectivity index (χ0) is 13.7. The van der Waals surface area contributed by atoms with Gasteiger partial charge in [0.1, 0.15) is 0 Å². The van der Waals surface area contributed by atoms with Crippen LogP contribution in [0.4, 0.5) is 0 Å². The minimum atomic E-state index is 0.385. The summed E-state index contributed by atoms with van der Waals surface area (Å²) < 4.78 is 6.10. The molecule has 0 aromatic heterocycles. The molecule has 1 N–H and O–H groups in total. The predicted octanol–water partition coefficient (Wildman–Crippen LogP) is 2.51. The second-order valence-corrected chi connectivity index (χ2v) is 6.23. The Morgan fingerprint density at radius 2 is 2.05 bits per heavy atom. The molecule has 0 spiro atoms. The van der Waals surface area contributed by atoms with Gasteiger partial charge in [0, 0.05) is 19.1 Å². The number of rotatable bonds is 5. The molecule has 2 rings (SSSR count). The average molecular weight is 268 g/mol. The first-order chi connectivity index (χ1) is 9.30. The van der Waals surface area contributed by atoms with Crippen molar-refractivity contribution in [3.63, 3.8) is 0 Å². The molecule has 3 nitrogen and oxygen atoms in total. The van der Waals surface area contributed by atoms with Gasteiger partial charge in [-0.3, -0.25) is 4.90 Å². The van der Waals surface area contributed by atoms with Crippen LogP contribution in [0.5, 0.6) is 0 Å². The van der Waals surface area contributed by atoms with Crippen molar-refractivity contribution in [1.29, 1.82) is 0 Å². The first-order valence-electron chi connectivity index (χ1n) is 8.31. The Bertz CT molecular complexity index is 259. The molecule has 2 aliphatic rings. The number of ether oxygens (including phenoxy) is 1. The number of morpholine rings is 1. The molecule has 1 aliphatic carbocycles. The monoisotopic (exact) mass is 268 g/mol. The molecule has 0 radical (unpaired) electrons. The molecule has 0 aromatic rings. The van der Waals surface area contributed by atoms with Crippen LogP contribution in [0.15, 0.2) is 0 Å².